The molecular formula is C19H34O2. The maximum atomic E-state index is 9.72. The third kappa shape index (κ3) is 15.3. The van der Waals surface area contributed by atoms with Crippen molar-refractivity contribution in [3.63, 3.8) is 0 Å². The molecule has 0 fully saturated rings. The van der Waals surface area contributed by atoms with Gasteiger partial charge in [-0.3, -0.25) is 0 Å². The lowest BCUT2D eigenvalue weighted by Crippen LogP contribution is -2.01. The van der Waals surface area contributed by atoms with Crippen LogP contribution >= 0.6 is 0 Å². The molecular weight excluding hydrogens is 260 g/mol. The molecule has 2 atom stereocenters. The van der Waals surface area contributed by atoms with Crippen molar-refractivity contribution in [2.75, 3.05) is 0 Å². The normalized spacial score (nSPS) is 14.8. The Morgan fingerprint density at radius 3 is 2.14 bits per heavy atom. The molecule has 0 bridgehead atoms. The highest BCUT2D eigenvalue weighted by Crippen LogP contribution is 2.09. The van der Waals surface area contributed by atoms with E-state index in [4.69, 9.17) is 0 Å². The van der Waals surface area contributed by atoms with E-state index < -0.39 is 0 Å². The summed E-state index contributed by atoms with van der Waals surface area (Å²) in [4.78, 5) is 0. The molecule has 0 aliphatic carbocycles. The lowest BCUT2D eigenvalue weighted by Gasteiger charge is -2.05. The summed E-state index contributed by atoms with van der Waals surface area (Å²) >= 11 is 0. The molecule has 122 valence electrons. The number of allylic oxidation sites excluding steroid dienone is 3. The second kappa shape index (κ2) is 15.5. The molecule has 0 amide bonds. The molecule has 21 heavy (non-hydrogen) atoms. The Bertz CT molecular complexity index is 281. The minimum atomic E-state index is -0.332. The van der Waals surface area contributed by atoms with Crippen LogP contribution in [0.2, 0.25) is 0 Å². The number of unbranched alkanes of at least 4 members (excludes halogenated alkanes) is 6. The van der Waals surface area contributed by atoms with Gasteiger partial charge in [-0.1, -0.05) is 82.4 Å². The van der Waals surface area contributed by atoms with Crippen LogP contribution in [0, 0.1) is 0 Å². The van der Waals surface area contributed by atoms with Crippen LogP contribution in [-0.4, -0.2) is 22.4 Å². The largest absolute Gasteiger partial charge is 0.389 e. The van der Waals surface area contributed by atoms with Gasteiger partial charge in [0.25, 0.3) is 0 Å². The van der Waals surface area contributed by atoms with Gasteiger partial charge in [0, 0.05) is 0 Å². The first-order chi connectivity index (χ1) is 10.2. The Morgan fingerprint density at radius 1 is 0.857 bits per heavy atom. The summed E-state index contributed by atoms with van der Waals surface area (Å²) in [6.45, 7) is 5.76. The molecule has 2 N–H and O–H groups in total. The quantitative estimate of drug-likeness (QED) is 0.271. The van der Waals surface area contributed by atoms with E-state index in [1.165, 1.54) is 19.3 Å². The Balaban J connectivity index is 3.38. The van der Waals surface area contributed by atoms with Crippen molar-refractivity contribution in [2.45, 2.75) is 83.3 Å². The van der Waals surface area contributed by atoms with Crippen molar-refractivity contribution in [3.05, 3.63) is 37.0 Å². The van der Waals surface area contributed by atoms with Crippen molar-refractivity contribution < 1.29 is 10.2 Å². The van der Waals surface area contributed by atoms with Crippen molar-refractivity contribution in [1.82, 2.24) is 0 Å². The van der Waals surface area contributed by atoms with E-state index in [0.717, 1.165) is 44.9 Å². The van der Waals surface area contributed by atoms with Gasteiger partial charge in [-0.05, 0) is 25.7 Å². The average Bonchev–Trinajstić information content (AvgIpc) is 2.48. The van der Waals surface area contributed by atoms with Gasteiger partial charge in [0.2, 0.25) is 0 Å². The Labute approximate surface area is 131 Å². The molecule has 0 radical (unpaired) electrons. The van der Waals surface area contributed by atoms with Gasteiger partial charge in [-0.2, -0.15) is 0 Å². The van der Waals surface area contributed by atoms with Crippen LogP contribution in [0.3, 0.4) is 0 Å². The van der Waals surface area contributed by atoms with E-state index in [1.54, 1.807) is 18.2 Å². The highest BCUT2D eigenvalue weighted by molar-refractivity contribution is 5.00. The van der Waals surface area contributed by atoms with Gasteiger partial charge in [0.15, 0.2) is 0 Å². The fraction of sp³-hybridized carbons (Fsp3) is 0.684. The molecule has 0 rings (SSSR count). The van der Waals surface area contributed by atoms with Crippen molar-refractivity contribution in [3.8, 4) is 0 Å². The average molecular weight is 294 g/mol. The number of rotatable bonds is 14. The second-order valence-electron chi connectivity index (χ2n) is 5.67. The van der Waals surface area contributed by atoms with Crippen LogP contribution in [0.25, 0.3) is 0 Å². The van der Waals surface area contributed by atoms with E-state index in [2.05, 4.69) is 19.6 Å². The number of aliphatic hydroxyl groups is 2. The number of hydrogen-bond donors (Lipinski definition) is 2. The molecule has 2 nitrogen and oxygen atoms in total. The fourth-order valence-electron chi connectivity index (χ4n) is 2.23. The minimum absolute atomic E-state index is 0.261. The van der Waals surface area contributed by atoms with Crippen LogP contribution in [0.4, 0.5) is 0 Å². The zero-order chi connectivity index (χ0) is 15.8. The van der Waals surface area contributed by atoms with Gasteiger partial charge in [0.05, 0.1) is 12.2 Å². The van der Waals surface area contributed by atoms with E-state index in [0.29, 0.717) is 0 Å². The fourth-order valence-corrected chi connectivity index (χ4v) is 2.23. The predicted molar refractivity (Wildman–Crippen MR) is 92.3 cm³/mol. The molecule has 0 aromatic carbocycles. The molecule has 0 heterocycles. The van der Waals surface area contributed by atoms with Crippen molar-refractivity contribution >= 4 is 0 Å². The van der Waals surface area contributed by atoms with Gasteiger partial charge in [-0.25, -0.2) is 0 Å². The molecule has 0 aliphatic heterocycles. The standard InChI is InChI=1S/C19H34O2/c1-3-5-11-15-19(21)17-13-10-8-7-9-12-16-18(20)14-6-4-2/h4,6,13-14,17-21H,2-3,5,7-12,15-16H2,1H3/b14-6-,17-13+. The highest BCUT2D eigenvalue weighted by atomic mass is 16.3. The lowest BCUT2D eigenvalue weighted by atomic mass is 10.1. The first-order valence-electron chi connectivity index (χ1n) is 8.52. The molecule has 0 aromatic heterocycles. The number of aliphatic hydroxyl groups excluding tert-OH is 2. The van der Waals surface area contributed by atoms with E-state index in [1.807, 2.05) is 6.08 Å². The van der Waals surface area contributed by atoms with Gasteiger partial charge >= 0.3 is 0 Å². The van der Waals surface area contributed by atoms with Gasteiger partial charge in [-0.15, -0.1) is 0 Å². The maximum Gasteiger partial charge on any atom is 0.0723 e. The summed E-state index contributed by atoms with van der Waals surface area (Å²) in [5.74, 6) is 0. The third-order valence-electron chi connectivity index (χ3n) is 3.55. The van der Waals surface area contributed by atoms with Crippen molar-refractivity contribution in [2.24, 2.45) is 0 Å². The zero-order valence-electron chi connectivity index (χ0n) is 13.7. The van der Waals surface area contributed by atoms with Crippen LogP contribution < -0.4 is 0 Å². The topological polar surface area (TPSA) is 40.5 Å². The second-order valence-corrected chi connectivity index (χ2v) is 5.67. The van der Waals surface area contributed by atoms with Crippen molar-refractivity contribution in [1.29, 1.82) is 0 Å². The SMILES string of the molecule is C=C/C=C\C(O)CCCCCC/C=C/C(O)CCCCC. The molecule has 0 aromatic rings. The van der Waals surface area contributed by atoms with E-state index in [-0.39, 0.29) is 12.2 Å². The summed E-state index contributed by atoms with van der Waals surface area (Å²) in [6.07, 6.45) is 19.6. The lowest BCUT2D eigenvalue weighted by molar-refractivity contribution is 0.207. The maximum absolute atomic E-state index is 9.72. The highest BCUT2D eigenvalue weighted by Gasteiger charge is 1.99. The van der Waals surface area contributed by atoms with Crippen LogP contribution in [-0.2, 0) is 0 Å². The first-order valence-corrected chi connectivity index (χ1v) is 8.52. The molecule has 2 heteroatoms. The molecule has 0 saturated carbocycles. The Morgan fingerprint density at radius 2 is 1.48 bits per heavy atom. The summed E-state index contributed by atoms with van der Waals surface area (Å²) in [5.41, 5.74) is 0. The Kier molecular flexibility index (Phi) is 14.9. The van der Waals surface area contributed by atoms with E-state index >= 15 is 0 Å². The van der Waals surface area contributed by atoms with Crippen LogP contribution in [0.15, 0.2) is 37.0 Å². The molecule has 2 unspecified atom stereocenters. The number of hydrogen-bond acceptors (Lipinski definition) is 2. The van der Waals surface area contributed by atoms with Gasteiger partial charge < -0.3 is 10.2 Å². The summed E-state index contributed by atoms with van der Waals surface area (Å²) in [6, 6.07) is 0. The predicted octanol–water partition coefficient (Wildman–Crippen LogP) is 4.93. The van der Waals surface area contributed by atoms with Crippen LogP contribution in [0.1, 0.15) is 71.1 Å². The molecule has 0 spiro atoms. The monoisotopic (exact) mass is 294 g/mol. The van der Waals surface area contributed by atoms with Gasteiger partial charge in [0.1, 0.15) is 0 Å². The molecule has 0 saturated heterocycles. The van der Waals surface area contributed by atoms with E-state index in [9.17, 15) is 10.2 Å². The minimum Gasteiger partial charge on any atom is -0.389 e. The summed E-state index contributed by atoms with van der Waals surface area (Å²) < 4.78 is 0. The third-order valence-corrected chi connectivity index (χ3v) is 3.55. The summed E-state index contributed by atoms with van der Waals surface area (Å²) in [7, 11) is 0. The molecule has 0 aliphatic rings. The van der Waals surface area contributed by atoms with Crippen LogP contribution in [0.5, 0.6) is 0 Å². The smallest absolute Gasteiger partial charge is 0.0723 e. The summed E-state index contributed by atoms with van der Waals surface area (Å²) in [5, 5.41) is 19.3. The Hall–Kier alpha value is -0.860. The zero-order valence-corrected chi connectivity index (χ0v) is 13.7. The first kappa shape index (κ1) is 20.1.